The third-order valence-electron chi connectivity index (χ3n) is 3.50. The van der Waals surface area contributed by atoms with E-state index in [0.717, 1.165) is 11.3 Å². The number of rotatable bonds is 5. The van der Waals surface area contributed by atoms with Crippen LogP contribution in [-0.4, -0.2) is 23.2 Å². The topological polar surface area (TPSA) is 44.9 Å². The van der Waals surface area contributed by atoms with E-state index >= 15 is 0 Å². The van der Waals surface area contributed by atoms with Gasteiger partial charge in [0.15, 0.2) is 0 Å². The van der Waals surface area contributed by atoms with Crippen LogP contribution in [0.25, 0.3) is 10.9 Å². The highest BCUT2D eigenvalue weighted by molar-refractivity contribution is 7.99. The molecule has 0 aliphatic heterocycles. The Morgan fingerprint density at radius 3 is 2.64 bits per heavy atom. The number of hydrogen-bond donors (Lipinski definition) is 2. The maximum absolute atomic E-state index is 12.0. The van der Waals surface area contributed by atoms with Crippen LogP contribution in [0.15, 0.2) is 59.5 Å². The summed E-state index contributed by atoms with van der Waals surface area (Å²) in [6, 6.07) is 17.6. The zero-order valence-electron chi connectivity index (χ0n) is 12.4. The number of nitrogens with one attached hydrogen (secondary N) is 2. The molecule has 0 saturated heterocycles. The first-order valence-electron chi connectivity index (χ1n) is 7.29. The molecule has 0 spiro atoms. The van der Waals surface area contributed by atoms with Crippen LogP contribution in [0.4, 0.5) is 0 Å². The lowest BCUT2D eigenvalue weighted by atomic mass is 10.2. The van der Waals surface area contributed by atoms with Crippen molar-refractivity contribution >= 4 is 28.6 Å². The smallest absolute Gasteiger partial charge is 0.251 e. The van der Waals surface area contributed by atoms with Crippen LogP contribution in [0.1, 0.15) is 16.1 Å². The third kappa shape index (κ3) is 3.17. The molecule has 0 unspecified atom stereocenters. The molecule has 22 heavy (non-hydrogen) atoms. The van der Waals surface area contributed by atoms with Crippen LogP contribution in [0.2, 0.25) is 0 Å². The minimum Gasteiger partial charge on any atom is -0.358 e. The van der Waals surface area contributed by atoms with Crippen molar-refractivity contribution in [3.63, 3.8) is 0 Å². The Bertz CT molecular complexity index is 780. The first-order valence-corrected chi connectivity index (χ1v) is 8.27. The standard InChI is InChI=1S/C18H18N2OS/c1-13-17(15-9-5-6-10-16(15)20-13)22-12-11-19-18(21)14-7-3-2-4-8-14/h2-10,20H,11-12H2,1H3,(H,19,21). The highest BCUT2D eigenvalue weighted by Gasteiger charge is 2.08. The lowest BCUT2D eigenvalue weighted by Crippen LogP contribution is -2.25. The summed E-state index contributed by atoms with van der Waals surface area (Å²) in [6.07, 6.45) is 0. The Morgan fingerprint density at radius 1 is 1.09 bits per heavy atom. The molecule has 2 N–H and O–H groups in total. The molecule has 0 bridgehead atoms. The zero-order chi connectivity index (χ0) is 15.4. The molecule has 0 aliphatic rings. The van der Waals surface area contributed by atoms with Crippen LogP contribution >= 0.6 is 11.8 Å². The van der Waals surface area contributed by atoms with Crippen molar-refractivity contribution in [2.24, 2.45) is 0 Å². The van der Waals surface area contributed by atoms with E-state index in [9.17, 15) is 4.79 Å². The van der Waals surface area contributed by atoms with Gasteiger partial charge >= 0.3 is 0 Å². The molecule has 4 heteroatoms. The Balaban J connectivity index is 1.57. The van der Waals surface area contributed by atoms with Crippen molar-refractivity contribution in [1.82, 2.24) is 10.3 Å². The lowest BCUT2D eigenvalue weighted by molar-refractivity contribution is 0.0956. The minimum absolute atomic E-state index is 0.0168. The van der Waals surface area contributed by atoms with Crippen molar-refractivity contribution in [1.29, 1.82) is 0 Å². The van der Waals surface area contributed by atoms with Crippen LogP contribution in [-0.2, 0) is 0 Å². The van der Waals surface area contributed by atoms with Gasteiger partial charge in [-0.2, -0.15) is 0 Å². The summed E-state index contributed by atoms with van der Waals surface area (Å²) in [6.45, 7) is 2.74. The third-order valence-corrected chi connectivity index (χ3v) is 4.73. The van der Waals surface area contributed by atoms with Crippen molar-refractivity contribution in [2.75, 3.05) is 12.3 Å². The summed E-state index contributed by atoms with van der Waals surface area (Å²) in [5.74, 6) is 0.832. The van der Waals surface area contributed by atoms with Crippen LogP contribution < -0.4 is 5.32 Å². The molecule has 3 rings (SSSR count). The molecule has 0 radical (unpaired) electrons. The van der Waals surface area contributed by atoms with E-state index in [4.69, 9.17) is 0 Å². The average Bonchev–Trinajstić information content (AvgIpc) is 2.88. The maximum Gasteiger partial charge on any atom is 0.251 e. The molecule has 2 aromatic carbocycles. The molecule has 1 aromatic heterocycles. The number of H-pyrrole nitrogens is 1. The quantitative estimate of drug-likeness (QED) is 0.552. The number of hydrogen-bond acceptors (Lipinski definition) is 2. The second kappa shape index (κ2) is 6.71. The average molecular weight is 310 g/mol. The molecule has 0 atom stereocenters. The summed E-state index contributed by atoms with van der Waals surface area (Å²) in [5.41, 5.74) is 3.05. The predicted molar refractivity (Wildman–Crippen MR) is 92.5 cm³/mol. The van der Waals surface area contributed by atoms with E-state index in [1.807, 2.05) is 36.4 Å². The normalized spacial score (nSPS) is 10.8. The monoisotopic (exact) mass is 310 g/mol. The van der Waals surface area contributed by atoms with Crippen LogP contribution in [0.5, 0.6) is 0 Å². The maximum atomic E-state index is 12.0. The number of aromatic nitrogens is 1. The fraction of sp³-hybridized carbons (Fsp3) is 0.167. The SMILES string of the molecule is Cc1[nH]c2ccccc2c1SCCNC(=O)c1ccccc1. The number of benzene rings is 2. The van der Waals surface area contributed by atoms with Crippen molar-refractivity contribution in [2.45, 2.75) is 11.8 Å². The summed E-state index contributed by atoms with van der Waals surface area (Å²) in [4.78, 5) is 16.6. The van der Waals surface area contributed by atoms with Gasteiger partial charge in [0.2, 0.25) is 0 Å². The number of carbonyl (C=O) groups is 1. The van der Waals surface area contributed by atoms with Crippen molar-refractivity contribution < 1.29 is 4.79 Å². The molecule has 0 aliphatic carbocycles. The van der Waals surface area contributed by atoms with Crippen molar-refractivity contribution in [3.8, 4) is 0 Å². The van der Waals surface area contributed by atoms with E-state index in [0.29, 0.717) is 12.1 Å². The van der Waals surface area contributed by atoms with Gasteiger partial charge in [0.1, 0.15) is 0 Å². The molecular weight excluding hydrogens is 292 g/mol. The molecule has 112 valence electrons. The number of para-hydroxylation sites is 1. The Morgan fingerprint density at radius 2 is 1.82 bits per heavy atom. The summed E-state index contributed by atoms with van der Waals surface area (Å²) >= 11 is 1.77. The van der Waals surface area contributed by atoms with Gasteiger partial charge in [0.25, 0.3) is 5.91 Å². The zero-order valence-corrected chi connectivity index (χ0v) is 13.2. The molecule has 1 heterocycles. The van der Waals surface area contributed by atoms with Gasteiger partial charge in [-0.05, 0) is 25.1 Å². The lowest BCUT2D eigenvalue weighted by Gasteiger charge is -2.05. The van der Waals surface area contributed by atoms with E-state index in [-0.39, 0.29) is 5.91 Å². The van der Waals surface area contributed by atoms with Gasteiger partial charge in [-0.3, -0.25) is 4.79 Å². The molecule has 0 saturated carbocycles. The first-order chi connectivity index (χ1) is 10.8. The van der Waals surface area contributed by atoms with Crippen molar-refractivity contribution in [3.05, 3.63) is 65.9 Å². The number of thioether (sulfide) groups is 1. The molecule has 3 nitrogen and oxygen atoms in total. The van der Waals surface area contributed by atoms with E-state index < -0.39 is 0 Å². The number of carbonyl (C=O) groups excluding carboxylic acids is 1. The summed E-state index contributed by atoms with van der Waals surface area (Å²) < 4.78 is 0. The Labute approximate surface area is 134 Å². The Kier molecular flexibility index (Phi) is 4.49. The van der Waals surface area contributed by atoms with Gasteiger partial charge in [-0.1, -0.05) is 36.4 Å². The second-order valence-electron chi connectivity index (χ2n) is 5.10. The number of fused-ring (bicyclic) bond motifs is 1. The highest BCUT2D eigenvalue weighted by atomic mass is 32.2. The van der Waals surface area contributed by atoms with Gasteiger partial charge in [-0.15, -0.1) is 11.8 Å². The number of aromatic amines is 1. The van der Waals surface area contributed by atoms with E-state index in [1.54, 1.807) is 11.8 Å². The van der Waals surface area contributed by atoms with Crippen LogP contribution in [0, 0.1) is 6.92 Å². The predicted octanol–water partition coefficient (Wildman–Crippen LogP) is 4.00. The minimum atomic E-state index is -0.0168. The molecule has 3 aromatic rings. The van der Waals surface area contributed by atoms with Gasteiger partial charge in [-0.25, -0.2) is 0 Å². The van der Waals surface area contributed by atoms with E-state index in [2.05, 4.69) is 35.4 Å². The molecular formula is C18H18N2OS. The van der Waals surface area contributed by atoms with Gasteiger partial charge in [0, 0.05) is 39.4 Å². The van der Waals surface area contributed by atoms with E-state index in [1.165, 1.54) is 16.0 Å². The highest BCUT2D eigenvalue weighted by Crippen LogP contribution is 2.30. The number of aryl methyl sites for hydroxylation is 1. The largest absolute Gasteiger partial charge is 0.358 e. The second-order valence-corrected chi connectivity index (χ2v) is 6.20. The summed E-state index contributed by atoms with van der Waals surface area (Å²) in [5, 5.41) is 4.21. The Hall–Kier alpha value is -2.20. The summed E-state index contributed by atoms with van der Waals surface area (Å²) in [7, 11) is 0. The molecule has 1 amide bonds. The van der Waals surface area contributed by atoms with Gasteiger partial charge < -0.3 is 10.3 Å². The molecule has 0 fully saturated rings. The first kappa shape index (κ1) is 14.7. The fourth-order valence-corrected chi connectivity index (χ4v) is 3.46. The number of amides is 1. The van der Waals surface area contributed by atoms with Crippen LogP contribution in [0.3, 0.4) is 0 Å². The van der Waals surface area contributed by atoms with Gasteiger partial charge in [0.05, 0.1) is 0 Å². The fourth-order valence-electron chi connectivity index (χ4n) is 2.45.